The molecular formula is C22H34FN3O2. The van der Waals surface area contributed by atoms with Crippen LogP contribution in [0.15, 0.2) is 18.2 Å². The Bertz CT molecular complexity index is 674. The minimum absolute atomic E-state index is 0.115. The van der Waals surface area contributed by atoms with E-state index >= 15 is 0 Å². The number of anilines is 1. The molecule has 0 aromatic heterocycles. The van der Waals surface area contributed by atoms with Crippen LogP contribution in [-0.2, 0) is 4.74 Å². The molecule has 28 heavy (non-hydrogen) atoms. The van der Waals surface area contributed by atoms with Gasteiger partial charge in [0.1, 0.15) is 5.82 Å². The Labute approximate surface area is 168 Å². The second-order valence-corrected chi connectivity index (χ2v) is 8.62. The zero-order valence-corrected chi connectivity index (χ0v) is 17.5. The molecule has 0 saturated carbocycles. The number of carbonyl (C=O) groups is 1. The van der Waals surface area contributed by atoms with E-state index in [1.54, 1.807) is 12.1 Å². The van der Waals surface area contributed by atoms with Crippen molar-refractivity contribution >= 4 is 11.6 Å². The van der Waals surface area contributed by atoms with E-state index < -0.39 is 0 Å². The van der Waals surface area contributed by atoms with Crippen LogP contribution in [0.25, 0.3) is 0 Å². The largest absolute Gasteiger partial charge is 0.378 e. The number of ether oxygens (including phenoxy) is 1. The summed E-state index contributed by atoms with van der Waals surface area (Å²) < 4.78 is 19.9. The van der Waals surface area contributed by atoms with Gasteiger partial charge in [-0.05, 0) is 57.4 Å². The number of nitrogens with one attached hydrogen (secondary N) is 1. The normalized spacial score (nSPS) is 21.6. The van der Waals surface area contributed by atoms with Gasteiger partial charge < -0.3 is 15.0 Å². The van der Waals surface area contributed by atoms with Crippen molar-refractivity contribution in [1.82, 2.24) is 10.2 Å². The van der Waals surface area contributed by atoms with Crippen LogP contribution in [0, 0.1) is 11.7 Å². The second kappa shape index (κ2) is 9.23. The van der Waals surface area contributed by atoms with E-state index in [9.17, 15) is 9.18 Å². The molecule has 2 aliphatic heterocycles. The van der Waals surface area contributed by atoms with Crippen LogP contribution in [0.2, 0.25) is 0 Å². The molecule has 2 heterocycles. The van der Waals surface area contributed by atoms with Crippen LogP contribution >= 0.6 is 0 Å². The van der Waals surface area contributed by atoms with Gasteiger partial charge in [-0.2, -0.15) is 0 Å². The fraction of sp³-hybridized carbons (Fsp3) is 0.682. The predicted octanol–water partition coefficient (Wildman–Crippen LogP) is 3.29. The number of benzene rings is 1. The topological polar surface area (TPSA) is 44.8 Å². The number of nitrogens with zero attached hydrogens (tertiary/aromatic N) is 2. The summed E-state index contributed by atoms with van der Waals surface area (Å²) in [6, 6.07) is 4.77. The molecule has 0 radical (unpaired) electrons. The fourth-order valence-electron chi connectivity index (χ4n) is 4.17. The van der Waals surface area contributed by atoms with E-state index in [1.165, 1.54) is 25.3 Å². The Morgan fingerprint density at radius 2 is 2.04 bits per heavy atom. The van der Waals surface area contributed by atoms with Gasteiger partial charge in [-0.25, -0.2) is 4.39 Å². The van der Waals surface area contributed by atoms with Crippen LogP contribution in [-0.4, -0.2) is 62.3 Å². The van der Waals surface area contributed by atoms with E-state index in [0.717, 1.165) is 19.0 Å². The molecule has 1 unspecified atom stereocenters. The van der Waals surface area contributed by atoms with Crippen LogP contribution in [0.4, 0.5) is 10.1 Å². The lowest BCUT2D eigenvalue weighted by Gasteiger charge is -2.43. The molecule has 1 N–H and O–H groups in total. The lowest BCUT2D eigenvalue weighted by atomic mass is 9.91. The van der Waals surface area contributed by atoms with Gasteiger partial charge in [0.15, 0.2) is 0 Å². The van der Waals surface area contributed by atoms with Crippen LogP contribution in [0.1, 0.15) is 50.4 Å². The minimum Gasteiger partial charge on any atom is -0.378 e. The summed E-state index contributed by atoms with van der Waals surface area (Å²) in [5, 5.41) is 3.01. The van der Waals surface area contributed by atoms with Gasteiger partial charge in [0.25, 0.3) is 5.91 Å². The Morgan fingerprint density at radius 3 is 2.71 bits per heavy atom. The maximum absolute atomic E-state index is 14.6. The molecule has 156 valence electrons. The highest BCUT2D eigenvalue weighted by Crippen LogP contribution is 2.26. The van der Waals surface area contributed by atoms with Gasteiger partial charge in [0.2, 0.25) is 0 Å². The molecule has 0 spiro atoms. The molecule has 0 bridgehead atoms. The van der Waals surface area contributed by atoms with Crippen LogP contribution in [0.3, 0.4) is 0 Å². The van der Waals surface area contributed by atoms with Gasteiger partial charge in [0.05, 0.1) is 18.9 Å². The van der Waals surface area contributed by atoms with E-state index in [0.29, 0.717) is 44.1 Å². The van der Waals surface area contributed by atoms with Crippen LogP contribution in [0.5, 0.6) is 0 Å². The third kappa shape index (κ3) is 5.03. The number of hydrogen-bond acceptors (Lipinski definition) is 4. The summed E-state index contributed by atoms with van der Waals surface area (Å²) in [7, 11) is 0. The summed E-state index contributed by atoms with van der Waals surface area (Å²) in [4.78, 5) is 17.0. The van der Waals surface area contributed by atoms with Crippen molar-refractivity contribution in [1.29, 1.82) is 0 Å². The third-order valence-electron chi connectivity index (χ3n) is 6.20. The lowest BCUT2D eigenvalue weighted by Crippen LogP contribution is -2.54. The number of morpholine rings is 1. The molecule has 1 amide bonds. The highest BCUT2D eigenvalue weighted by molar-refractivity contribution is 5.94. The Hall–Kier alpha value is -1.66. The van der Waals surface area contributed by atoms with Gasteiger partial charge in [-0.1, -0.05) is 13.3 Å². The Morgan fingerprint density at radius 1 is 1.29 bits per heavy atom. The Balaban J connectivity index is 1.59. The quantitative estimate of drug-likeness (QED) is 0.808. The Kier molecular flexibility index (Phi) is 6.94. The van der Waals surface area contributed by atoms with Crippen molar-refractivity contribution in [2.75, 3.05) is 50.8 Å². The van der Waals surface area contributed by atoms with Gasteiger partial charge in [-0.15, -0.1) is 0 Å². The number of piperidine rings is 1. The molecular weight excluding hydrogens is 357 g/mol. The molecule has 5 nitrogen and oxygen atoms in total. The zero-order valence-electron chi connectivity index (χ0n) is 17.5. The number of carbonyl (C=O) groups excluding carboxylic acids is 1. The van der Waals surface area contributed by atoms with Crippen molar-refractivity contribution in [3.8, 4) is 0 Å². The molecule has 6 heteroatoms. The van der Waals surface area contributed by atoms with E-state index in [4.69, 9.17) is 4.74 Å². The number of likely N-dealkylation sites (tertiary alicyclic amines) is 1. The van der Waals surface area contributed by atoms with Crippen molar-refractivity contribution in [2.45, 2.75) is 45.6 Å². The number of hydrogen-bond donors (Lipinski definition) is 1. The maximum Gasteiger partial charge on any atom is 0.251 e. The molecule has 0 aliphatic carbocycles. The average molecular weight is 392 g/mol. The van der Waals surface area contributed by atoms with Gasteiger partial charge >= 0.3 is 0 Å². The molecule has 3 rings (SSSR count). The van der Waals surface area contributed by atoms with E-state index in [-0.39, 0.29) is 17.3 Å². The molecule has 1 aromatic rings. The first-order chi connectivity index (χ1) is 13.4. The second-order valence-electron chi connectivity index (χ2n) is 8.62. The average Bonchev–Trinajstić information content (AvgIpc) is 2.72. The summed E-state index contributed by atoms with van der Waals surface area (Å²) >= 11 is 0. The molecule has 2 fully saturated rings. The highest BCUT2D eigenvalue weighted by Gasteiger charge is 2.31. The monoisotopic (exact) mass is 391 g/mol. The van der Waals surface area contributed by atoms with Crippen molar-refractivity contribution in [3.05, 3.63) is 29.6 Å². The van der Waals surface area contributed by atoms with Crippen molar-refractivity contribution < 1.29 is 13.9 Å². The van der Waals surface area contributed by atoms with E-state index in [2.05, 4.69) is 31.0 Å². The molecule has 1 atom stereocenters. The van der Waals surface area contributed by atoms with Gasteiger partial charge in [-0.3, -0.25) is 9.69 Å². The third-order valence-corrected chi connectivity index (χ3v) is 6.20. The van der Waals surface area contributed by atoms with Crippen molar-refractivity contribution in [3.63, 3.8) is 0 Å². The number of halogens is 1. The van der Waals surface area contributed by atoms with Crippen molar-refractivity contribution in [2.24, 2.45) is 5.92 Å². The highest BCUT2D eigenvalue weighted by atomic mass is 19.1. The van der Waals surface area contributed by atoms with E-state index in [1.807, 2.05) is 4.90 Å². The summed E-state index contributed by atoms with van der Waals surface area (Å²) in [5.74, 6) is 0.172. The molecule has 2 aliphatic rings. The minimum atomic E-state index is -0.351. The predicted molar refractivity (Wildman–Crippen MR) is 110 cm³/mol. The lowest BCUT2D eigenvalue weighted by molar-refractivity contribution is 0.0612. The standard InChI is InChI=1S/C22H34FN3O2/c1-4-17-6-5-9-26(15-17)22(2,3)16-24-21(27)18-7-8-20(19(23)14-18)25-10-12-28-13-11-25/h7-8,14,17H,4-6,9-13,15-16H2,1-3H3,(H,24,27). The first-order valence-electron chi connectivity index (χ1n) is 10.6. The first-order valence-corrected chi connectivity index (χ1v) is 10.6. The number of rotatable bonds is 6. The fourth-order valence-corrected chi connectivity index (χ4v) is 4.17. The maximum atomic E-state index is 14.6. The SMILES string of the molecule is CCC1CCCN(C(C)(C)CNC(=O)c2ccc(N3CCOCC3)c(F)c2)C1. The molecule has 1 aromatic carbocycles. The summed E-state index contributed by atoms with van der Waals surface area (Å²) in [5.41, 5.74) is 0.796. The summed E-state index contributed by atoms with van der Waals surface area (Å²) in [6.07, 6.45) is 3.71. The first kappa shape index (κ1) is 21.1. The molecule has 2 saturated heterocycles. The van der Waals surface area contributed by atoms with Crippen LogP contribution < -0.4 is 10.2 Å². The number of amides is 1. The van der Waals surface area contributed by atoms with Gasteiger partial charge in [0, 0.05) is 37.3 Å². The zero-order chi connectivity index (χ0) is 20.1. The summed E-state index contributed by atoms with van der Waals surface area (Å²) in [6.45, 7) is 11.9. The smallest absolute Gasteiger partial charge is 0.251 e.